The summed E-state index contributed by atoms with van der Waals surface area (Å²) in [6, 6.07) is 0. The van der Waals surface area contributed by atoms with E-state index in [-0.39, 0.29) is 0 Å². The summed E-state index contributed by atoms with van der Waals surface area (Å²) < 4.78 is 0. The van der Waals surface area contributed by atoms with Gasteiger partial charge in [-0.1, -0.05) is 41.0 Å². The first-order valence-electron chi connectivity index (χ1n) is 10.0. The fourth-order valence-electron chi connectivity index (χ4n) is 7.40. The monoisotopic (exact) mass is 288 g/mol. The molecular formula is C21H36. The lowest BCUT2D eigenvalue weighted by atomic mass is 9.28. The molecule has 4 fully saturated rings. The largest absolute Gasteiger partial charge is 0.0651 e. The van der Waals surface area contributed by atoms with Crippen LogP contribution in [-0.2, 0) is 0 Å². The molecule has 0 aromatic heterocycles. The molecule has 0 heteroatoms. The van der Waals surface area contributed by atoms with Crippen LogP contribution in [0.1, 0.15) is 66.7 Å². The van der Waals surface area contributed by atoms with Crippen LogP contribution in [0.15, 0.2) is 0 Å². The molecule has 0 aliphatic heterocycles. The Morgan fingerprint density at radius 1 is 0.905 bits per heavy atom. The van der Waals surface area contributed by atoms with E-state index in [1.165, 1.54) is 30.6 Å². The smallest absolute Gasteiger partial charge is 0.0315 e. The zero-order chi connectivity index (χ0) is 14.9. The van der Waals surface area contributed by atoms with Gasteiger partial charge < -0.3 is 0 Å². The van der Waals surface area contributed by atoms with Gasteiger partial charge in [0.05, 0.1) is 0 Å². The average molecular weight is 289 g/mol. The number of hydrogen-bond donors (Lipinski definition) is 0. The highest BCUT2D eigenvalue weighted by Gasteiger charge is 2.71. The van der Waals surface area contributed by atoms with Crippen molar-refractivity contribution in [3.63, 3.8) is 0 Å². The van der Waals surface area contributed by atoms with Gasteiger partial charge in [0, 0.05) is 0 Å². The van der Waals surface area contributed by atoms with Gasteiger partial charge in [0.25, 0.3) is 0 Å². The van der Waals surface area contributed by atoms with E-state index in [2.05, 4.69) is 34.6 Å². The minimum atomic E-state index is 0.910. The fraction of sp³-hybridized carbons (Fsp3) is 1.00. The van der Waals surface area contributed by atoms with Crippen LogP contribution in [0.25, 0.3) is 0 Å². The number of rotatable bonds is 5. The van der Waals surface area contributed by atoms with Gasteiger partial charge in [-0.15, -0.1) is 0 Å². The molecule has 0 heterocycles. The molecule has 0 radical (unpaired) electrons. The normalized spacial score (nSPS) is 55.4. The number of fused-ring (bicyclic) bond motifs is 4. The molecule has 4 aliphatic rings. The predicted molar refractivity (Wildman–Crippen MR) is 89.8 cm³/mol. The van der Waals surface area contributed by atoms with Crippen LogP contribution in [0.3, 0.4) is 0 Å². The molecule has 0 saturated heterocycles. The summed E-state index contributed by atoms with van der Waals surface area (Å²) in [5.41, 5.74) is 0. The van der Waals surface area contributed by atoms with E-state index in [4.69, 9.17) is 0 Å². The Hall–Kier alpha value is 0. The van der Waals surface area contributed by atoms with E-state index >= 15 is 0 Å². The van der Waals surface area contributed by atoms with Gasteiger partial charge >= 0.3 is 0 Å². The predicted octanol–water partition coefficient (Wildman–Crippen LogP) is 5.87. The number of hydrogen-bond acceptors (Lipinski definition) is 0. The van der Waals surface area contributed by atoms with Crippen LogP contribution in [0.5, 0.6) is 0 Å². The third-order valence-electron chi connectivity index (χ3n) is 8.74. The highest BCUT2D eigenvalue weighted by Crippen LogP contribution is 2.76. The minimum Gasteiger partial charge on any atom is -0.0651 e. The van der Waals surface area contributed by atoms with Crippen LogP contribution < -0.4 is 0 Å². The summed E-state index contributed by atoms with van der Waals surface area (Å²) in [5, 5.41) is 0. The van der Waals surface area contributed by atoms with Gasteiger partial charge in [-0.3, -0.25) is 0 Å². The second-order valence-corrected chi connectivity index (χ2v) is 9.74. The first-order valence-corrected chi connectivity index (χ1v) is 10.0. The molecule has 21 heavy (non-hydrogen) atoms. The zero-order valence-corrected chi connectivity index (χ0v) is 14.9. The van der Waals surface area contributed by atoms with E-state index in [0.29, 0.717) is 0 Å². The quantitative estimate of drug-likeness (QED) is 0.593. The molecule has 0 aromatic carbocycles. The second-order valence-electron chi connectivity index (χ2n) is 9.74. The maximum absolute atomic E-state index is 2.57. The van der Waals surface area contributed by atoms with Crippen molar-refractivity contribution < 1.29 is 0 Å². The molecule has 0 spiro atoms. The van der Waals surface area contributed by atoms with Gasteiger partial charge in [0.2, 0.25) is 0 Å². The molecule has 10 atom stereocenters. The Morgan fingerprint density at radius 3 is 2.24 bits per heavy atom. The molecule has 0 aromatic rings. The van der Waals surface area contributed by atoms with Crippen molar-refractivity contribution in [3.05, 3.63) is 0 Å². The van der Waals surface area contributed by atoms with Crippen molar-refractivity contribution in [1.29, 1.82) is 0 Å². The molecule has 4 aliphatic carbocycles. The second kappa shape index (κ2) is 5.00. The van der Waals surface area contributed by atoms with Gasteiger partial charge in [0.15, 0.2) is 0 Å². The molecule has 4 rings (SSSR count). The molecule has 120 valence electrons. The highest BCUT2D eigenvalue weighted by molar-refractivity contribution is 5.19. The third-order valence-corrected chi connectivity index (χ3v) is 8.74. The van der Waals surface area contributed by atoms with E-state index in [0.717, 1.165) is 47.3 Å². The van der Waals surface area contributed by atoms with Crippen molar-refractivity contribution in [2.75, 3.05) is 0 Å². The average Bonchev–Trinajstić information content (AvgIpc) is 2.38. The first-order chi connectivity index (χ1) is 10.0. The maximum atomic E-state index is 2.57. The summed E-state index contributed by atoms with van der Waals surface area (Å²) in [6.45, 7) is 12.3. The Balaban J connectivity index is 1.39. The summed E-state index contributed by atoms with van der Waals surface area (Å²) in [7, 11) is 0. The molecule has 0 N–H and O–H groups in total. The van der Waals surface area contributed by atoms with Crippen molar-refractivity contribution in [1.82, 2.24) is 0 Å². The van der Waals surface area contributed by atoms with Crippen LogP contribution in [0, 0.1) is 65.1 Å². The van der Waals surface area contributed by atoms with Crippen LogP contribution >= 0.6 is 0 Å². The molecular weight excluding hydrogens is 252 g/mol. The highest BCUT2D eigenvalue weighted by atomic mass is 14.8. The van der Waals surface area contributed by atoms with Crippen LogP contribution in [0.4, 0.5) is 0 Å². The van der Waals surface area contributed by atoms with Gasteiger partial charge in [-0.05, 0) is 90.8 Å². The van der Waals surface area contributed by atoms with Crippen molar-refractivity contribution in [2.45, 2.75) is 66.7 Å². The summed E-state index contributed by atoms with van der Waals surface area (Å²) in [6.07, 6.45) is 7.67. The molecule has 0 nitrogen and oxygen atoms in total. The SMILES string of the molecule is CC[C@H](C)C1CC[C@H]1[C@H]1CC2C3C(C)[C@@H](CC(C)C)[C@H]3[C@H]21. The van der Waals surface area contributed by atoms with E-state index in [1.54, 1.807) is 19.3 Å². The molecule has 4 unspecified atom stereocenters. The Morgan fingerprint density at radius 2 is 1.67 bits per heavy atom. The van der Waals surface area contributed by atoms with Gasteiger partial charge in [-0.25, -0.2) is 0 Å². The lowest BCUT2D eigenvalue weighted by Crippen LogP contribution is -2.72. The topological polar surface area (TPSA) is 0 Å². The Bertz CT molecular complexity index is 397. The van der Waals surface area contributed by atoms with Crippen molar-refractivity contribution >= 4 is 0 Å². The van der Waals surface area contributed by atoms with Crippen LogP contribution in [0.2, 0.25) is 0 Å². The maximum Gasteiger partial charge on any atom is -0.0315 e. The summed E-state index contributed by atoms with van der Waals surface area (Å²) >= 11 is 0. The lowest BCUT2D eigenvalue weighted by molar-refractivity contribution is -0.295. The van der Waals surface area contributed by atoms with Gasteiger partial charge in [0.1, 0.15) is 0 Å². The van der Waals surface area contributed by atoms with E-state index in [1.807, 2.05) is 0 Å². The molecule has 0 amide bonds. The van der Waals surface area contributed by atoms with Gasteiger partial charge in [-0.2, -0.15) is 0 Å². The van der Waals surface area contributed by atoms with E-state index < -0.39 is 0 Å². The van der Waals surface area contributed by atoms with Crippen LogP contribution in [-0.4, -0.2) is 0 Å². The summed E-state index contributed by atoms with van der Waals surface area (Å²) in [5.74, 6) is 12.2. The summed E-state index contributed by atoms with van der Waals surface area (Å²) in [4.78, 5) is 0. The Kier molecular flexibility index (Phi) is 3.47. The lowest BCUT2D eigenvalue weighted by Gasteiger charge is -2.77. The minimum absolute atomic E-state index is 0.910. The third kappa shape index (κ3) is 1.86. The molecule has 4 saturated carbocycles. The first kappa shape index (κ1) is 14.6. The van der Waals surface area contributed by atoms with Crippen molar-refractivity contribution in [3.8, 4) is 0 Å². The Labute approximate surface area is 132 Å². The van der Waals surface area contributed by atoms with E-state index in [9.17, 15) is 0 Å². The molecule has 0 bridgehead atoms. The standard InChI is InChI=1S/C21H36/c1-6-12(4)14-7-8-15(14)17-10-18-19-13(5)16(9-11(2)3)21(19)20(17)18/h11-21H,6-10H2,1-5H3/t12-,13?,14?,15+,16+,17+,18?,19?,20-,21+/m0/s1. The fourth-order valence-corrected chi connectivity index (χ4v) is 7.40. The zero-order valence-electron chi connectivity index (χ0n) is 14.9. The van der Waals surface area contributed by atoms with Crippen molar-refractivity contribution in [2.24, 2.45) is 65.1 Å².